The number of halogens is 4. The Hall–Kier alpha value is -2.80. The fourth-order valence-corrected chi connectivity index (χ4v) is 4.58. The Kier molecular flexibility index (Phi) is 6.03. The molecule has 1 unspecified atom stereocenters. The average Bonchev–Trinajstić information content (AvgIpc) is 2.74. The van der Waals surface area contributed by atoms with E-state index in [4.69, 9.17) is 16.3 Å². The minimum Gasteiger partial charge on any atom is -0.494 e. The van der Waals surface area contributed by atoms with Crippen LogP contribution >= 0.6 is 11.6 Å². The maximum atomic E-state index is 13.3. The smallest absolute Gasteiger partial charge is 0.416 e. The van der Waals surface area contributed by atoms with E-state index < -0.39 is 23.6 Å². The first-order valence-electron chi connectivity index (χ1n) is 10.4. The van der Waals surface area contributed by atoms with E-state index in [1.54, 1.807) is 12.1 Å². The summed E-state index contributed by atoms with van der Waals surface area (Å²) in [7, 11) is 0. The van der Waals surface area contributed by atoms with Crippen molar-refractivity contribution >= 4 is 29.0 Å². The topological polar surface area (TPSA) is 46.6 Å². The molecule has 0 fully saturated rings. The first kappa shape index (κ1) is 22.4. The third kappa shape index (κ3) is 4.13. The molecule has 1 aliphatic carbocycles. The molecule has 0 radical (unpaired) electrons. The summed E-state index contributed by atoms with van der Waals surface area (Å²) in [6.07, 6.45) is -3.35. The molecule has 0 N–H and O–H groups in total. The minimum absolute atomic E-state index is 0.0238. The summed E-state index contributed by atoms with van der Waals surface area (Å²) >= 11 is 6.23. The number of anilines is 1. The van der Waals surface area contributed by atoms with Gasteiger partial charge in [-0.15, -0.1) is 0 Å². The molecule has 8 heteroatoms. The standard InChI is InChI=1S/C24H21ClF3NO3/c1-2-32-16-9-6-14(7-10-16)17-13-22(31)29(19-4-3-5-21(30)23(17)19)20-12-15(24(26,27)28)8-11-18(20)25/h6-12,17H,2-5,13H2,1H3. The van der Waals surface area contributed by atoms with Crippen LogP contribution in [-0.4, -0.2) is 18.3 Å². The summed E-state index contributed by atoms with van der Waals surface area (Å²) in [4.78, 5) is 27.4. The van der Waals surface area contributed by atoms with Crippen molar-refractivity contribution in [1.82, 2.24) is 0 Å². The van der Waals surface area contributed by atoms with Gasteiger partial charge in [0.05, 0.1) is 22.9 Å². The van der Waals surface area contributed by atoms with Gasteiger partial charge in [0.1, 0.15) is 5.75 Å². The van der Waals surface area contributed by atoms with Crippen molar-refractivity contribution in [3.05, 3.63) is 69.9 Å². The molecule has 32 heavy (non-hydrogen) atoms. The van der Waals surface area contributed by atoms with Crippen LogP contribution in [-0.2, 0) is 15.8 Å². The van der Waals surface area contributed by atoms with Crippen molar-refractivity contribution in [3.63, 3.8) is 0 Å². The molecule has 1 heterocycles. The van der Waals surface area contributed by atoms with Gasteiger partial charge in [-0.25, -0.2) is 0 Å². The molecule has 0 saturated carbocycles. The largest absolute Gasteiger partial charge is 0.494 e. The summed E-state index contributed by atoms with van der Waals surface area (Å²) in [5.41, 5.74) is 0.770. The quantitative estimate of drug-likeness (QED) is 0.535. The third-order valence-corrected chi connectivity index (χ3v) is 6.10. The van der Waals surface area contributed by atoms with Gasteiger partial charge in [0.25, 0.3) is 0 Å². The third-order valence-electron chi connectivity index (χ3n) is 5.78. The predicted molar refractivity (Wildman–Crippen MR) is 115 cm³/mol. The maximum Gasteiger partial charge on any atom is 0.416 e. The van der Waals surface area contributed by atoms with Gasteiger partial charge in [-0.2, -0.15) is 13.2 Å². The van der Waals surface area contributed by atoms with Crippen molar-refractivity contribution in [2.24, 2.45) is 0 Å². The van der Waals surface area contributed by atoms with E-state index in [0.29, 0.717) is 42.9 Å². The molecule has 0 saturated heterocycles. The van der Waals surface area contributed by atoms with Crippen LogP contribution in [0.25, 0.3) is 0 Å². The number of nitrogens with zero attached hydrogens (tertiary/aromatic N) is 1. The number of ketones is 1. The second-order valence-corrected chi connectivity index (χ2v) is 8.20. The van der Waals surface area contributed by atoms with Crippen molar-refractivity contribution in [2.45, 2.75) is 44.7 Å². The highest BCUT2D eigenvalue weighted by Gasteiger charge is 2.41. The van der Waals surface area contributed by atoms with E-state index in [1.165, 1.54) is 4.90 Å². The first-order chi connectivity index (χ1) is 15.2. The van der Waals surface area contributed by atoms with Gasteiger partial charge in [-0.3, -0.25) is 14.5 Å². The number of carbonyl (C=O) groups excluding carboxylic acids is 2. The zero-order chi connectivity index (χ0) is 23.0. The summed E-state index contributed by atoms with van der Waals surface area (Å²) in [6.45, 7) is 2.39. The zero-order valence-corrected chi connectivity index (χ0v) is 18.1. The number of carbonyl (C=O) groups is 2. The van der Waals surface area contributed by atoms with Gasteiger partial charge in [0, 0.05) is 30.0 Å². The van der Waals surface area contributed by atoms with E-state index in [-0.39, 0.29) is 22.9 Å². The maximum absolute atomic E-state index is 13.3. The number of hydrogen-bond donors (Lipinski definition) is 0. The van der Waals surface area contributed by atoms with Crippen LogP contribution in [0.15, 0.2) is 53.7 Å². The number of Topliss-reactive ketones (excluding diaryl/α,β-unsaturated/α-hetero) is 1. The molecule has 1 aliphatic heterocycles. The van der Waals surface area contributed by atoms with Gasteiger partial charge in [-0.1, -0.05) is 23.7 Å². The molecule has 0 aromatic heterocycles. The van der Waals surface area contributed by atoms with E-state index in [0.717, 1.165) is 23.8 Å². The Labute approximate surface area is 188 Å². The summed E-state index contributed by atoms with van der Waals surface area (Å²) in [5, 5.41) is 0.0238. The Morgan fingerprint density at radius 1 is 1.09 bits per heavy atom. The molecule has 0 spiro atoms. The van der Waals surface area contributed by atoms with Gasteiger partial charge < -0.3 is 4.74 Å². The molecule has 168 valence electrons. The first-order valence-corrected chi connectivity index (χ1v) is 10.8. The Morgan fingerprint density at radius 3 is 2.47 bits per heavy atom. The van der Waals surface area contributed by atoms with Crippen LogP contribution in [0.1, 0.15) is 49.7 Å². The summed E-state index contributed by atoms with van der Waals surface area (Å²) in [5.74, 6) is -0.258. The Bertz CT molecular complexity index is 1090. The second kappa shape index (κ2) is 8.62. The van der Waals surface area contributed by atoms with E-state index in [1.807, 2.05) is 19.1 Å². The number of alkyl halides is 3. The highest BCUT2D eigenvalue weighted by Crippen LogP contribution is 2.46. The number of hydrogen-bond acceptors (Lipinski definition) is 3. The van der Waals surface area contributed by atoms with Crippen LogP contribution in [0.3, 0.4) is 0 Å². The Morgan fingerprint density at radius 2 is 1.81 bits per heavy atom. The molecule has 0 bridgehead atoms. The van der Waals surface area contributed by atoms with Gasteiger partial charge in [0.15, 0.2) is 5.78 Å². The second-order valence-electron chi connectivity index (χ2n) is 7.79. The number of amides is 1. The monoisotopic (exact) mass is 463 g/mol. The lowest BCUT2D eigenvalue weighted by Gasteiger charge is -2.38. The van der Waals surface area contributed by atoms with Crippen molar-refractivity contribution < 1.29 is 27.5 Å². The molecule has 2 aromatic rings. The van der Waals surface area contributed by atoms with Crippen LogP contribution < -0.4 is 9.64 Å². The van der Waals surface area contributed by atoms with Crippen molar-refractivity contribution in [3.8, 4) is 5.75 Å². The minimum atomic E-state index is -4.58. The summed E-state index contributed by atoms with van der Waals surface area (Å²) < 4.78 is 45.4. The molecule has 1 atom stereocenters. The van der Waals surface area contributed by atoms with Crippen LogP contribution in [0, 0.1) is 0 Å². The lowest BCUT2D eigenvalue weighted by Crippen LogP contribution is -2.40. The molecule has 4 rings (SSSR count). The molecule has 2 aromatic carbocycles. The normalized spacial score (nSPS) is 19.3. The fourth-order valence-electron chi connectivity index (χ4n) is 4.38. The van der Waals surface area contributed by atoms with Gasteiger partial charge in [-0.05, 0) is 55.7 Å². The van der Waals surface area contributed by atoms with E-state index in [2.05, 4.69) is 0 Å². The fraction of sp³-hybridized carbons (Fsp3) is 0.333. The number of benzene rings is 2. The lowest BCUT2D eigenvalue weighted by atomic mass is 9.77. The van der Waals surface area contributed by atoms with E-state index >= 15 is 0 Å². The van der Waals surface area contributed by atoms with Crippen LogP contribution in [0.2, 0.25) is 5.02 Å². The van der Waals surface area contributed by atoms with Crippen LogP contribution in [0.4, 0.5) is 18.9 Å². The van der Waals surface area contributed by atoms with Gasteiger partial charge >= 0.3 is 6.18 Å². The number of allylic oxidation sites excluding steroid dienone is 2. The Balaban J connectivity index is 1.82. The molecular weight excluding hydrogens is 443 g/mol. The molecule has 1 amide bonds. The van der Waals surface area contributed by atoms with Crippen molar-refractivity contribution in [1.29, 1.82) is 0 Å². The van der Waals surface area contributed by atoms with Crippen LogP contribution in [0.5, 0.6) is 5.75 Å². The highest BCUT2D eigenvalue weighted by molar-refractivity contribution is 6.34. The predicted octanol–water partition coefficient (Wildman–Crippen LogP) is 6.29. The summed E-state index contributed by atoms with van der Waals surface area (Å²) in [6, 6.07) is 10.1. The lowest BCUT2D eigenvalue weighted by molar-refractivity contribution is -0.137. The number of rotatable bonds is 4. The number of ether oxygens (including phenoxy) is 1. The zero-order valence-electron chi connectivity index (χ0n) is 17.3. The molecular formula is C24H21ClF3NO3. The van der Waals surface area contributed by atoms with E-state index in [9.17, 15) is 22.8 Å². The highest BCUT2D eigenvalue weighted by atomic mass is 35.5. The van der Waals surface area contributed by atoms with Crippen molar-refractivity contribution in [2.75, 3.05) is 11.5 Å². The van der Waals surface area contributed by atoms with Gasteiger partial charge in [0.2, 0.25) is 5.91 Å². The average molecular weight is 464 g/mol. The SMILES string of the molecule is CCOc1ccc(C2CC(=O)N(c3cc(C(F)(F)F)ccc3Cl)C3=C2C(=O)CCC3)cc1. The molecule has 2 aliphatic rings. The molecule has 4 nitrogen and oxygen atoms in total.